The largest absolute Gasteiger partial charge is 0.0722 e. The average Bonchev–Trinajstić information content (AvgIpc) is 2.49. The van der Waals surface area contributed by atoms with Crippen LogP contribution >= 0.6 is 0 Å². The molecule has 0 N–H and O–H groups in total. The molecule has 0 amide bonds. The quantitative estimate of drug-likeness (QED) is 0.403. The molecule has 0 atom stereocenters. The minimum atomic E-state index is -1.38. The van der Waals surface area contributed by atoms with Gasteiger partial charge in [-0.1, -0.05) is 94.7 Å². The van der Waals surface area contributed by atoms with Crippen LogP contribution in [-0.2, 0) is 0 Å². The van der Waals surface area contributed by atoms with Crippen molar-refractivity contribution in [1.29, 1.82) is 0 Å². The molecule has 23 heavy (non-hydrogen) atoms. The molecule has 0 aromatic heterocycles. The highest BCUT2D eigenvalue weighted by Crippen LogP contribution is 2.32. The third-order valence-electron chi connectivity index (χ3n) is 5.13. The Morgan fingerprint density at radius 1 is 0.870 bits per heavy atom. The van der Waals surface area contributed by atoms with Crippen LogP contribution in [0.1, 0.15) is 45.1 Å². The van der Waals surface area contributed by atoms with E-state index in [1.54, 1.807) is 5.20 Å². The van der Waals surface area contributed by atoms with Gasteiger partial charge in [-0.3, -0.25) is 0 Å². The third kappa shape index (κ3) is 5.51. The summed E-state index contributed by atoms with van der Waals surface area (Å²) in [7, 11) is -2.55. The lowest BCUT2D eigenvalue weighted by Crippen LogP contribution is -2.54. The number of benzene rings is 1. The van der Waals surface area contributed by atoms with Gasteiger partial charge in [-0.15, -0.1) is 0 Å². The van der Waals surface area contributed by atoms with Gasteiger partial charge in [-0.25, -0.2) is 0 Å². The fourth-order valence-corrected chi connectivity index (χ4v) is 9.02. The topological polar surface area (TPSA) is 0 Å². The SMILES string of the molecule is CCC/C(C#Cc1ccccc1)=C(\CCC)[Si](C)(C)[Si](C)(C)C. The maximum Gasteiger partial charge on any atom is 0.0697 e. The van der Waals surface area contributed by atoms with Crippen molar-refractivity contribution in [3.8, 4) is 11.8 Å². The van der Waals surface area contributed by atoms with E-state index in [1.807, 2.05) is 0 Å². The van der Waals surface area contributed by atoms with Gasteiger partial charge in [-0.05, 0) is 30.5 Å². The van der Waals surface area contributed by atoms with E-state index in [-0.39, 0.29) is 0 Å². The van der Waals surface area contributed by atoms with Crippen LogP contribution in [-0.4, -0.2) is 15.2 Å². The summed E-state index contributed by atoms with van der Waals surface area (Å²) in [5, 5.41) is 1.75. The highest BCUT2D eigenvalue weighted by atomic mass is 29.3. The summed E-state index contributed by atoms with van der Waals surface area (Å²) in [6.07, 6.45) is 4.79. The molecule has 1 aromatic carbocycles. The predicted octanol–water partition coefficient (Wildman–Crippen LogP) is 6.60. The number of allylic oxidation sites excluding steroid dienone is 2. The van der Waals surface area contributed by atoms with E-state index >= 15 is 0 Å². The molecule has 0 fully saturated rings. The van der Waals surface area contributed by atoms with Gasteiger partial charge in [0.15, 0.2) is 0 Å². The summed E-state index contributed by atoms with van der Waals surface area (Å²) in [6.45, 7) is 17.4. The predicted molar refractivity (Wildman–Crippen MR) is 111 cm³/mol. The maximum absolute atomic E-state index is 3.59. The van der Waals surface area contributed by atoms with Gasteiger partial charge < -0.3 is 0 Å². The molecule has 0 unspecified atom stereocenters. The molecule has 0 radical (unpaired) electrons. The van der Waals surface area contributed by atoms with Gasteiger partial charge in [0.1, 0.15) is 0 Å². The van der Waals surface area contributed by atoms with Gasteiger partial charge in [0.2, 0.25) is 0 Å². The minimum Gasteiger partial charge on any atom is -0.0722 e. The van der Waals surface area contributed by atoms with Gasteiger partial charge in [0.05, 0.1) is 7.59 Å². The monoisotopic (exact) mass is 342 g/mol. The van der Waals surface area contributed by atoms with Crippen molar-refractivity contribution >= 4 is 15.2 Å². The molecular formula is C21H34Si2. The lowest BCUT2D eigenvalue weighted by molar-refractivity contribution is 0.884. The van der Waals surface area contributed by atoms with E-state index < -0.39 is 15.2 Å². The van der Waals surface area contributed by atoms with E-state index in [4.69, 9.17) is 0 Å². The van der Waals surface area contributed by atoms with E-state index in [0.717, 1.165) is 12.0 Å². The molecule has 1 aromatic rings. The second-order valence-corrected chi connectivity index (χ2v) is 24.6. The Hall–Kier alpha value is -1.05. The lowest BCUT2D eigenvalue weighted by Gasteiger charge is -2.39. The molecule has 1 rings (SSSR count). The van der Waals surface area contributed by atoms with Gasteiger partial charge in [0.25, 0.3) is 0 Å². The van der Waals surface area contributed by atoms with E-state index in [2.05, 4.69) is 88.8 Å². The first-order valence-electron chi connectivity index (χ1n) is 9.03. The Balaban J connectivity index is 3.39. The first kappa shape index (κ1) is 20.0. The first-order chi connectivity index (χ1) is 10.7. The lowest BCUT2D eigenvalue weighted by atomic mass is 10.1. The Labute approximate surface area is 146 Å². The molecule has 126 valence electrons. The van der Waals surface area contributed by atoms with Crippen LogP contribution in [0.3, 0.4) is 0 Å². The van der Waals surface area contributed by atoms with E-state index in [1.165, 1.54) is 24.8 Å². The van der Waals surface area contributed by atoms with Crippen molar-refractivity contribution in [2.45, 2.75) is 72.3 Å². The molecular weight excluding hydrogens is 308 g/mol. The van der Waals surface area contributed by atoms with Crippen molar-refractivity contribution in [2.24, 2.45) is 0 Å². The van der Waals surface area contributed by atoms with Crippen molar-refractivity contribution in [3.05, 3.63) is 46.7 Å². The molecule has 0 aliphatic heterocycles. The molecule has 0 nitrogen and oxygen atoms in total. The molecule has 0 aliphatic rings. The fourth-order valence-electron chi connectivity index (χ4n) is 2.75. The molecule has 2 heteroatoms. The van der Waals surface area contributed by atoms with Crippen LogP contribution in [0.5, 0.6) is 0 Å². The van der Waals surface area contributed by atoms with Crippen LogP contribution in [0, 0.1) is 11.8 Å². The zero-order valence-corrected chi connectivity index (χ0v) is 18.2. The first-order valence-corrected chi connectivity index (χ1v) is 16.5. The van der Waals surface area contributed by atoms with E-state index in [9.17, 15) is 0 Å². The second-order valence-electron chi connectivity index (χ2n) is 7.95. The Kier molecular flexibility index (Phi) is 7.57. The average molecular weight is 343 g/mol. The number of rotatable bonds is 6. The van der Waals surface area contributed by atoms with Crippen LogP contribution in [0.2, 0.25) is 32.7 Å². The highest BCUT2D eigenvalue weighted by Gasteiger charge is 2.40. The number of hydrogen-bond donors (Lipinski definition) is 0. The fraction of sp³-hybridized carbons (Fsp3) is 0.524. The van der Waals surface area contributed by atoms with Crippen molar-refractivity contribution < 1.29 is 0 Å². The highest BCUT2D eigenvalue weighted by molar-refractivity contribution is 7.43. The zero-order chi connectivity index (χ0) is 17.5. The summed E-state index contributed by atoms with van der Waals surface area (Å²) in [5.74, 6) is 7.01. The normalized spacial score (nSPS) is 13.2. The van der Waals surface area contributed by atoms with Crippen LogP contribution < -0.4 is 0 Å². The molecule has 0 aliphatic carbocycles. The Morgan fingerprint density at radius 3 is 1.91 bits per heavy atom. The molecule has 0 bridgehead atoms. The molecule has 0 saturated heterocycles. The maximum atomic E-state index is 3.59. The van der Waals surface area contributed by atoms with Gasteiger partial charge in [0, 0.05) is 13.2 Å². The smallest absolute Gasteiger partial charge is 0.0697 e. The van der Waals surface area contributed by atoms with E-state index in [0.29, 0.717) is 0 Å². The van der Waals surface area contributed by atoms with Crippen LogP contribution in [0.15, 0.2) is 41.1 Å². The van der Waals surface area contributed by atoms with Crippen molar-refractivity contribution in [3.63, 3.8) is 0 Å². The summed E-state index contributed by atoms with van der Waals surface area (Å²) in [4.78, 5) is 0. The number of hydrogen-bond acceptors (Lipinski definition) is 0. The van der Waals surface area contributed by atoms with Gasteiger partial charge >= 0.3 is 0 Å². The summed E-state index contributed by atoms with van der Waals surface area (Å²) in [5.41, 5.74) is 2.58. The summed E-state index contributed by atoms with van der Waals surface area (Å²) >= 11 is 0. The molecule has 0 heterocycles. The van der Waals surface area contributed by atoms with Crippen molar-refractivity contribution in [2.75, 3.05) is 0 Å². The third-order valence-corrected chi connectivity index (χ3v) is 23.1. The minimum absolute atomic E-state index is 1.13. The van der Waals surface area contributed by atoms with Crippen LogP contribution in [0.4, 0.5) is 0 Å². The second kappa shape index (κ2) is 8.71. The van der Waals surface area contributed by atoms with Crippen molar-refractivity contribution in [1.82, 2.24) is 0 Å². The summed E-state index contributed by atoms with van der Waals surface area (Å²) < 4.78 is 0. The summed E-state index contributed by atoms with van der Waals surface area (Å²) in [6, 6.07) is 10.4. The van der Waals surface area contributed by atoms with Crippen LogP contribution in [0.25, 0.3) is 0 Å². The van der Waals surface area contributed by atoms with Gasteiger partial charge in [-0.2, -0.15) is 0 Å². The standard InChI is InChI=1S/C21H34Si2/c1-8-13-20(18-17-19-15-11-10-12-16-19)21(14-9-2)23(6,7)22(3,4)5/h10-12,15-16H,8-9,13-14H2,1-7H3/b21-20-. The Morgan fingerprint density at radius 2 is 1.43 bits per heavy atom. The molecule has 0 saturated carbocycles. The molecule has 0 spiro atoms. The zero-order valence-electron chi connectivity index (χ0n) is 16.2. The Bertz CT molecular complexity index is 578.